The van der Waals surface area contributed by atoms with Crippen LogP contribution in [0.1, 0.15) is 19.4 Å². The summed E-state index contributed by atoms with van der Waals surface area (Å²) in [6.45, 7) is 1.68. The highest BCUT2D eigenvalue weighted by molar-refractivity contribution is 9.10. The molecule has 3 rings (SSSR count). The first-order valence-electron chi connectivity index (χ1n) is 7.79. The summed E-state index contributed by atoms with van der Waals surface area (Å²) in [5.74, 6) is 0.329. The summed E-state index contributed by atoms with van der Waals surface area (Å²) in [4.78, 5) is 15.4. The van der Waals surface area contributed by atoms with E-state index in [9.17, 15) is 13.2 Å². The second-order valence-corrected chi connectivity index (χ2v) is 9.27. The number of carbonyl (C=O) groups excluding carboxylic acids is 1. The van der Waals surface area contributed by atoms with Crippen LogP contribution in [0, 0.1) is 0 Å². The van der Waals surface area contributed by atoms with Crippen LogP contribution in [0.15, 0.2) is 28.7 Å². The van der Waals surface area contributed by atoms with Gasteiger partial charge in [-0.3, -0.25) is 4.79 Å². The van der Waals surface area contributed by atoms with Crippen LogP contribution in [0.3, 0.4) is 0 Å². The van der Waals surface area contributed by atoms with Crippen LogP contribution in [-0.4, -0.2) is 64.0 Å². The normalized spacial score (nSPS) is 20.4. The third-order valence-corrected chi connectivity index (χ3v) is 6.62. The van der Waals surface area contributed by atoms with Crippen LogP contribution in [-0.2, 0) is 14.6 Å². The molecule has 0 aliphatic carbocycles. The van der Waals surface area contributed by atoms with Crippen molar-refractivity contribution in [3.8, 4) is 11.4 Å². The molecule has 1 fully saturated rings. The van der Waals surface area contributed by atoms with Gasteiger partial charge in [0, 0.05) is 23.1 Å². The van der Waals surface area contributed by atoms with Gasteiger partial charge in [0.05, 0.1) is 11.5 Å². The summed E-state index contributed by atoms with van der Waals surface area (Å²) in [6, 6.07) is 6.50. The van der Waals surface area contributed by atoms with E-state index >= 15 is 0 Å². The van der Waals surface area contributed by atoms with Gasteiger partial charge in [0.15, 0.2) is 9.84 Å². The average molecular weight is 428 g/mol. The van der Waals surface area contributed by atoms with Crippen LogP contribution in [0.2, 0.25) is 0 Å². The Morgan fingerprint density at radius 2 is 2.04 bits per heavy atom. The molecule has 1 amide bonds. The van der Waals surface area contributed by atoms with Gasteiger partial charge in [0.25, 0.3) is 0 Å². The molecule has 1 aromatic heterocycles. The summed E-state index contributed by atoms with van der Waals surface area (Å²) in [5, 5.41) is 12.3. The third kappa shape index (κ3) is 3.90. The van der Waals surface area contributed by atoms with Crippen molar-refractivity contribution in [3.63, 3.8) is 0 Å². The van der Waals surface area contributed by atoms with Crippen molar-refractivity contribution >= 4 is 31.7 Å². The van der Waals surface area contributed by atoms with Crippen LogP contribution >= 0.6 is 15.9 Å². The van der Waals surface area contributed by atoms with Crippen molar-refractivity contribution in [2.45, 2.75) is 25.4 Å². The predicted octanol–water partition coefficient (Wildman–Crippen LogP) is 1.31. The molecule has 0 spiro atoms. The van der Waals surface area contributed by atoms with Crippen molar-refractivity contribution in [1.82, 2.24) is 25.1 Å². The number of benzene rings is 1. The van der Waals surface area contributed by atoms with Gasteiger partial charge >= 0.3 is 0 Å². The Morgan fingerprint density at radius 3 is 2.64 bits per heavy atom. The van der Waals surface area contributed by atoms with E-state index in [-0.39, 0.29) is 23.5 Å². The maximum atomic E-state index is 12.6. The Hall–Kier alpha value is -1.81. The van der Waals surface area contributed by atoms with Crippen LogP contribution in [0.25, 0.3) is 11.4 Å². The number of amides is 1. The summed E-state index contributed by atoms with van der Waals surface area (Å²) in [5.41, 5.74) is 0.796. The van der Waals surface area contributed by atoms with Crippen molar-refractivity contribution in [3.05, 3.63) is 28.7 Å². The molecule has 2 unspecified atom stereocenters. The first kappa shape index (κ1) is 18.0. The van der Waals surface area contributed by atoms with Gasteiger partial charge in [0.1, 0.15) is 6.04 Å². The van der Waals surface area contributed by atoms with Gasteiger partial charge in [-0.05, 0) is 42.8 Å². The van der Waals surface area contributed by atoms with Gasteiger partial charge in [-0.25, -0.2) is 8.42 Å². The Bertz CT molecular complexity index is 881. The predicted molar refractivity (Wildman–Crippen MR) is 95.5 cm³/mol. The molecule has 2 aromatic rings. The number of halogens is 1. The zero-order valence-electron chi connectivity index (χ0n) is 13.8. The van der Waals surface area contributed by atoms with Gasteiger partial charge in [0.2, 0.25) is 11.7 Å². The minimum atomic E-state index is -3.05. The molecule has 1 saturated heterocycles. The number of likely N-dealkylation sites (N-methyl/N-ethyl adjacent to an activating group) is 1. The number of nitrogens with zero attached hydrogens (tertiary/aromatic N) is 5. The van der Waals surface area contributed by atoms with E-state index in [0.29, 0.717) is 12.2 Å². The lowest BCUT2D eigenvalue weighted by atomic mass is 10.2. The van der Waals surface area contributed by atoms with E-state index in [1.807, 2.05) is 24.3 Å². The first-order chi connectivity index (χ1) is 11.8. The van der Waals surface area contributed by atoms with E-state index in [4.69, 9.17) is 0 Å². The Kier molecular flexibility index (Phi) is 4.92. The van der Waals surface area contributed by atoms with Crippen LogP contribution in [0.4, 0.5) is 0 Å². The molecule has 10 heteroatoms. The Labute approximate surface area is 154 Å². The Morgan fingerprint density at radius 1 is 1.36 bits per heavy atom. The molecule has 1 aromatic carbocycles. The second kappa shape index (κ2) is 6.83. The average Bonchev–Trinajstić information content (AvgIpc) is 3.20. The van der Waals surface area contributed by atoms with Crippen LogP contribution in [0.5, 0.6) is 0 Å². The van der Waals surface area contributed by atoms with Crippen LogP contribution < -0.4 is 0 Å². The zero-order chi connectivity index (χ0) is 18.2. The molecule has 0 bridgehead atoms. The number of carbonyl (C=O) groups is 1. The SMILES string of the molecule is CC(C(=O)N(C)C1CCS(=O)(=O)C1)n1nnc(-c2ccc(Br)cc2)n1. The molecule has 0 radical (unpaired) electrons. The number of hydrogen-bond donors (Lipinski definition) is 0. The summed E-state index contributed by atoms with van der Waals surface area (Å²) < 4.78 is 24.2. The lowest BCUT2D eigenvalue weighted by Gasteiger charge is -2.25. The summed E-state index contributed by atoms with van der Waals surface area (Å²) in [6.07, 6.45) is 0.465. The first-order valence-corrected chi connectivity index (χ1v) is 10.4. The number of hydrogen-bond acceptors (Lipinski definition) is 6. The van der Waals surface area contributed by atoms with Gasteiger partial charge < -0.3 is 4.90 Å². The second-order valence-electron chi connectivity index (χ2n) is 6.12. The molecule has 2 atom stereocenters. The van der Waals surface area contributed by atoms with E-state index < -0.39 is 15.9 Å². The Balaban J connectivity index is 1.73. The fourth-order valence-electron chi connectivity index (χ4n) is 2.76. The molecule has 1 aliphatic heterocycles. The topological polar surface area (TPSA) is 98.1 Å². The minimum absolute atomic E-state index is 0.0108. The van der Waals surface area contributed by atoms with E-state index in [0.717, 1.165) is 10.0 Å². The van der Waals surface area contributed by atoms with E-state index in [1.165, 1.54) is 9.70 Å². The third-order valence-electron chi connectivity index (χ3n) is 4.34. The molecule has 2 heterocycles. The highest BCUT2D eigenvalue weighted by Crippen LogP contribution is 2.21. The van der Waals surface area contributed by atoms with Crippen molar-refractivity contribution in [1.29, 1.82) is 0 Å². The maximum Gasteiger partial charge on any atom is 0.249 e. The smallest absolute Gasteiger partial charge is 0.249 e. The molecular weight excluding hydrogens is 410 g/mol. The molecular formula is C15H18BrN5O3S. The molecule has 25 heavy (non-hydrogen) atoms. The maximum absolute atomic E-state index is 12.6. The molecule has 0 saturated carbocycles. The zero-order valence-corrected chi connectivity index (χ0v) is 16.2. The lowest BCUT2D eigenvalue weighted by Crippen LogP contribution is -2.41. The number of sulfone groups is 1. The molecule has 8 nitrogen and oxygen atoms in total. The van der Waals surface area contributed by atoms with Crippen molar-refractivity contribution in [2.75, 3.05) is 18.6 Å². The largest absolute Gasteiger partial charge is 0.340 e. The van der Waals surface area contributed by atoms with E-state index in [1.54, 1.807) is 14.0 Å². The molecule has 134 valence electrons. The monoisotopic (exact) mass is 427 g/mol. The van der Waals surface area contributed by atoms with Gasteiger partial charge in [-0.2, -0.15) is 4.80 Å². The van der Waals surface area contributed by atoms with Gasteiger partial charge in [-0.1, -0.05) is 15.9 Å². The van der Waals surface area contributed by atoms with E-state index in [2.05, 4.69) is 31.3 Å². The minimum Gasteiger partial charge on any atom is -0.340 e. The number of aromatic nitrogens is 4. The standard InChI is InChI=1S/C15H18BrN5O3S/c1-10(15(22)20(2)13-7-8-25(23,24)9-13)21-18-14(17-19-21)11-3-5-12(16)6-4-11/h3-6,10,13H,7-9H2,1-2H3. The lowest BCUT2D eigenvalue weighted by molar-refractivity contribution is -0.135. The highest BCUT2D eigenvalue weighted by Gasteiger charge is 2.35. The quantitative estimate of drug-likeness (QED) is 0.729. The summed E-state index contributed by atoms with van der Waals surface area (Å²) >= 11 is 3.37. The molecule has 1 aliphatic rings. The fraction of sp³-hybridized carbons (Fsp3) is 0.467. The number of tetrazole rings is 1. The number of rotatable bonds is 4. The molecule has 0 N–H and O–H groups in total. The fourth-order valence-corrected chi connectivity index (χ4v) is 4.80. The van der Waals surface area contributed by atoms with Crippen molar-refractivity contribution in [2.24, 2.45) is 0 Å². The highest BCUT2D eigenvalue weighted by atomic mass is 79.9. The van der Waals surface area contributed by atoms with Gasteiger partial charge in [-0.15, -0.1) is 10.2 Å². The van der Waals surface area contributed by atoms with Crippen molar-refractivity contribution < 1.29 is 13.2 Å². The summed E-state index contributed by atoms with van der Waals surface area (Å²) in [7, 11) is -1.43.